The first-order valence-corrected chi connectivity index (χ1v) is 6.77. The Morgan fingerprint density at radius 3 is 3.11 bits per heavy atom. The van der Waals surface area contributed by atoms with Gasteiger partial charge >= 0.3 is 0 Å². The summed E-state index contributed by atoms with van der Waals surface area (Å²) < 4.78 is 7.68. The van der Waals surface area contributed by atoms with Crippen LogP contribution in [0.4, 0.5) is 0 Å². The second-order valence-corrected chi connectivity index (χ2v) is 5.08. The van der Waals surface area contributed by atoms with E-state index < -0.39 is 0 Å². The monoisotopic (exact) mass is 257 g/mol. The van der Waals surface area contributed by atoms with E-state index in [0.29, 0.717) is 5.92 Å². The fraction of sp³-hybridized carbons (Fsp3) is 0.400. The summed E-state index contributed by atoms with van der Waals surface area (Å²) in [6, 6.07) is 8.20. The quantitative estimate of drug-likeness (QED) is 0.912. The smallest absolute Gasteiger partial charge is 0.157 e. The van der Waals surface area contributed by atoms with Gasteiger partial charge in [-0.15, -0.1) is 0 Å². The number of nitrogens with one attached hydrogen (secondary N) is 1. The second kappa shape index (κ2) is 5.45. The normalized spacial score (nSPS) is 18.7. The van der Waals surface area contributed by atoms with Crippen molar-refractivity contribution < 1.29 is 4.74 Å². The van der Waals surface area contributed by atoms with Gasteiger partial charge in [0, 0.05) is 12.5 Å². The van der Waals surface area contributed by atoms with Gasteiger partial charge in [-0.3, -0.25) is 0 Å². The number of aryl methyl sites for hydroxylation is 1. The zero-order chi connectivity index (χ0) is 13.1. The second-order valence-electron chi connectivity index (χ2n) is 5.08. The van der Waals surface area contributed by atoms with Crippen molar-refractivity contribution in [1.82, 2.24) is 15.1 Å². The number of ether oxygens (including phenoxy) is 1. The lowest BCUT2D eigenvalue weighted by Gasteiger charge is -2.08. The van der Waals surface area contributed by atoms with Crippen LogP contribution in [0.2, 0.25) is 0 Å². The molecule has 1 saturated heterocycles. The van der Waals surface area contributed by atoms with Crippen molar-refractivity contribution in [2.75, 3.05) is 19.7 Å². The van der Waals surface area contributed by atoms with E-state index in [1.807, 2.05) is 23.0 Å². The Balaban J connectivity index is 1.67. The molecule has 0 amide bonds. The number of hydrogen-bond donors (Lipinski definition) is 1. The highest BCUT2D eigenvalue weighted by molar-refractivity contribution is 5.40. The molecule has 3 rings (SSSR count). The van der Waals surface area contributed by atoms with Crippen LogP contribution in [0.1, 0.15) is 12.0 Å². The Morgan fingerprint density at radius 1 is 1.42 bits per heavy atom. The van der Waals surface area contributed by atoms with Gasteiger partial charge < -0.3 is 10.1 Å². The third kappa shape index (κ3) is 2.79. The maximum Gasteiger partial charge on any atom is 0.157 e. The molecule has 2 aromatic rings. The number of aromatic nitrogens is 2. The Bertz CT molecular complexity index is 544. The van der Waals surface area contributed by atoms with E-state index in [-0.39, 0.29) is 0 Å². The predicted octanol–water partition coefficient (Wildman–Crippen LogP) is 2.17. The summed E-state index contributed by atoms with van der Waals surface area (Å²) in [6.45, 7) is 5.02. The van der Waals surface area contributed by atoms with Crippen molar-refractivity contribution >= 4 is 0 Å². The fourth-order valence-corrected chi connectivity index (χ4v) is 2.40. The molecule has 1 N–H and O–H groups in total. The molecule has 1 aliphatic rings. The molecule has 0 aliphatic carbocycles. The average molecular weight is 257 g/mol. The first kappa shape index (κ1) is 12.2. The summed E-state index contributed by atoms with van der Waals surface area (Å²) >= 11 is 0. The zero-order valence-corrected chi connectivity index (χ0v) is 11.2. The van der Waals surface area contributed by atoms with Gasteiger partial charge in [0.1, 0.15) is 0 Å². The molecule has 0 bridgehead atoms. The molecule has 1 atom stereocenters. The van der Waals surface area contributed by atoms with Crippen molar-refractivity contribution in [3.8, 4) is 11.4 Å². The van der Waals surface area contributed by atoms with E-state index in [4.69, 9.17) is 4.74 Å². The predicted molar refractivity (Wildman–Crippen MR) is 74.8 cm³/mol. The van der Waals surface area contributed by atoms with Crippen LogP contribution >= 0.6 is 0 Å². The van der Waals surface area contributed by atoms with Crippen molar-refractivity contribution in [3.05, 3.63) is 42.2 Å². The fourth-order valence-electron chi connectivity index (χ4n) is 2.40. The Labute approximate surface area is 113 Å². The lowest BCUT2D eigenvalue weighted by Crippen LogP contribution is -2.15. The average Bonchev–Trinajstić information content (AvgIpc) is 3.08. The van der Waals surface area contributed by atoms with Gasteiger partial charge in [-0.2, -0.15) is 5.10 Å². The maximum absolute atomic E-state index is 5.81. The zero-order valence-electron chi connectivity index (χ0n) is 11.2. The molecular weight excluding hydrogens is 238 g/mol. The third-order valence-corrected chi connectivity index (χ3v) is 3.57. The molecule has 2 heterocycles. The molecule has 1 aromatic carbocycles. The van der Waals surface area contributed by atoms with Crippen LogP contribution < -0.4 is 10.1 Å². The summed E-state index contributed by atoms with van der Waals surface area (Å²) in [5.74, 6) is 1.47. The Morgan fingerprint density at radius 2 is 2.32 bits per heavy atom. The van der Waals surface area contributed by atoms with Crippen LogP contribution in [0.3, 0.4) is 0 Å². The number of para-hydroxylation sites is 1. The summed E-state index contributed by atoms with van der Waals surface area (Å²) in [5.41, 5.74) is 2.30. The SMILES string of the molecule is Cc1ccccc1-n1cc(OCC2CCNC2)cn1. The summed E-state index contributed by atoms with van der Waals surface area (Å²) in [6.07, 6.45) is 4.94. The van der Waals surface area contributed by atoms with Crippen LogP contribution in [-0.4, -0.2) is 29.5 Å². The minimum Gasteiger partial charge on any atom is -0.490 e. The van der Waals surface area contributed by atoms with Crippen LogP contribution in [0.15, 0.2) is 36.7 Å². The molecule has 19 heavy (non-hydrogen) atoms. The van der Waals surface area contributed by atoms with E-state index in [0.717, 1.165) is 31.1 Å². The summed E-state index contributed by atoms with van der Waals surface area (Å²) in [5, 5.41) is 7.71. The van der Waals surface area contributed by atoms with E-state index in [1.165, 1.54) is 12.0 Å². The molecule has 0 radical (unpaired) electrons. The minimum atomic E-state index is 0.627. The standard InChI is InChI=1S/C15H19N3O/c1-12-4-2-3-5-15(12)18-10-14(9-17-18)19-11-13-6-7-16-8-13/h2-5,9-10,13,16H,6-8,11H2,1H3. The molecule has 4 heteroatoms. The topological polar surface area (TPSA) is 39.1 Å². The van der Waals surface area contributed by atoms with Gasteiger partial charge in [0.05, 0.1) is 24.7 Å². The van der Waals surface area contributed by atoms with Crippen molar-refractivity contribution in [3.63, 3.8) is 0 Å². The highest BCUT2D eigenvalue weighted by Gasteiger charge is 2.15. The summed E-state index contributed by atoms with van der Waals surface area (Å²) in [4.78, 5) is 0. The van der Waals surface area contributed by atoms with Crippen LogP contribution in [0.25, 0.3) is 5.69 Å². The van der Waals surface area contributed by atoms with Gasteiger partial charge in [0.2, 0.25) is 0 Å². The van der Waals surface area contributed by atoms with Gasteiger partial charge in [0.15, 0.2) is 5.75 Å². The van der Waals surface area contributed by atoms with Gasteiger partial charge in [0.25, 0.3) is 0 Å². The number of hydrogen-bond acceptors (Lipinski definition) is 3. The third-order valence-electron chi connectivity index (χ3n) is 3.57. The Kier molecular flexibility index (Phi) is 3.51. The minimum absolute atomic E-state index is 0.627. The molecule has 1 aliphatic heterocycles. The van der Waals surface area contributed by atoms with E-state index in [1.54, 1.807) is 6.20 Å². The van der Waals surface area contributed by atoms with Crippen molar-refractivity contribution in [1.29, 1.82) is 0 Å². The Hall–Kier alpha value is -1.81. The van der Waals surface area contributed by atoms with E-state index >= 15 is 0 Å². The first-order valence-electron chi connectivity index (χ1n) is 6.77. The molecule has 1 fully saturated rings. The van der Waals surface area contributed by atoms with Crippen molar-refractivity contribution in [2.45, 2.75) is 13.3 Å². The molecule has 0 saturated carbocycles. The first-order chi connectivity index (χ1) is 9.33. The number of rotatable bonds is 4. The highest BCUT2D eigenvalue weighted by Crippen LogP contribution is 2.18. The van der Waals surface area contributed by atoms with Crippen LogP contribution in [0.5, 0.6) is 5.75 Å². The molecular formula is C15H19N3O. The maximum atomic E-state index is 5.81. The van der Waals surface area contributed by atoms with Gasteiger partial charge in [-0.05, 0) is 31.5 Å². The lowest BCUT2D eigenvalue weighted by atomic mass is 10.1. The summed E-state index contributed by atoms with van der Waals surface area (Å²) in [7, 11) is 0. The van der Waals surface area contributed by atoms with Crippen molar-refractivity contribution in [2.24, 2.45) is 5.92 Å². The molecule has 100 valence electrons. The van der Waals surface area contributed by atoms with Crippen LogP contribution in [-0.2, 0) is 0 Å². The largest absolute Gasteiger partial charge is 0.490 e. The number of nitrogens with zero attached hydrogens (tertiary/aromatic N) is 2. The van der Waals surface area contributed by atoms with Gasteiger partial charge in [-0.25, -0.2) is 4.68 Å². The highest BCUT2D eigenvalue weighted by atomic mass is 16.5. The molecule has 1 unspecified atom stereocenters. The molecule has 0 spiro atoms. The van der Waals surface area contributed by atoms with E-state index in [9.17, 15) is 0 Å². The van der Waals surface area contributed by atoms with Crippen LogP contribution in [0, 0.1) is 12.8 Å². The lowest BCUT2D eigenvalue weighted by molar-refractivity contribution is 0.260. The number of benzene rings is 1. The molecule has 4 nitrogen and oxygen atoms in total. The molecule has 1 aromatic heterocycles. The van der Waals surface area contributed by atoms with E-state index in [2.05, 4.69) is 29.5 Å². The van der Waals surface area contributed by atoms with Gasteiger partial charge in [-0.1, -0.05) is 18.2 Å².